The summed E-state index contributed by atoms with van der Waals surface area (Å²) in [5.41, 5.74) is 1.63. The first-order valence-corrected chi connectivity index (χ1v) is 6.62. The standard InChI is InChI=1S/C14H17N3O2/c18-14(15-8-10-3-5-19-6-4-10)11-1-2-13-12(7-11)9-16-17-13/h1-2,7,9-10H,3-6,8H2,(H,15,18)(H,16,17). The second-order valence-corrected chi connectivity index (χ2v) is 4.94. The van der Waals surface area contributed by atoms with Crippen molar-refractivity contribution in [2.45, 2.75) is 12.8 Å². The average molecular weight is 259 g/mol. The predicted octanol–water partition coefficient (Wildman–Crippen LogP) is 1.72. The smallest absolute Gasteiger partial charge is 0.251 e. The molecular formula is C14H17N3O2. The maximum Gasteiger partial charge on any atom is 0.251 e. The number of ether oxygens (including phenoxy) is 1. The highest BCUT2D eigenvalue weighted by Crippen LogP contribution is 2.15. The Morgan fingerprint density at radius 2 is 2.26 bits per heavy atom. The molecule has 0 spiro atoms. The number of rotatable bonds is 3. The van der Waals surface area contributed by atoms with Gasteiger partial charge in [0.2, 0.25) is 0 Å². The van der Waals surface area contributed by atoms with Gasteiger partial charge in [-0.1, -0.05) is 0 Å². The lowest BCUT2D eigenvalue weighted by atomic mass is 10.0. The van der Waals surface area contributed by atoms with Gasteiger partial charge < -0.3 is 10.1 Å². The topological polar surface area (TPSA) is 67.0 Å². The van der Waals surface area contributed by atoms with E-state index in [0.29, 0.717) is 11.5 Å². The van der Waals surface area contributed by atoms with Gasteiger partial charge in [0.15, 0.2) is 0 Å². The van der Waals surface area contributed by atoms with Crippen LogP contribution in [0.4, 0.5) is 0 Å². The molecule has 1 aromatic heterocycles. The van der Waals surface area contributed by atoms with Crippen molar-refractivity contribution < 1.29 is 9.53 Å². The summed E-state index contributed by atoms with van der Waals surface area (Å²) in [7, 11) is 0. The van der Waals surface area contributed by atoms with Crippen LogP contribution < -0.4 is 5.32 Å². The molecule has 0 bridgehead atoms. The van der Waals surface area contributed by atoms with Crippen molar-refractivity contribution in [3.8, 4) is 0 Å². The van der Waals surface area contributed by atoms with Crippen molar-refractivity contribution in [1.29, 1.82) is 0 Å². The fourth-order valence-electron chi connectivity index (χ4n) is 2.37. The van der Waals surface area contributed by atoms with Crippen LogP contribution in [-0.4, -0.2) is 35.9 Å². The zero-order valence-corrected chi connectivity index (χ0v) is 10.7. The average Bonchev–Trinajstić information content (AvgIpc) is 2.93. The Hall–Kier alpha value is -1.88. The zero-order valence-electron chi connectivity index (χ0n) is 10.7. The van der Waals surface area contributed by atoms with Crippen LogP contribution in [0.1, 0.15) is 23.2 Å². The zero-order chi connectivity index (χ0) is 13.1. The number of aromatic amines is 1. The monoisotopic (exact) mass is 259 g/mol. The van der Waals surface area contributed by atoms with Crippen LogP contribution in [-0.2, 0) is 4.74 Å². The molecule has 0 radical (unpaired) electrons. The Morgan fingerprint density at radius 3 is 3.11 bits per heavy atom. The summed E-state index contributed by atoms with van der Waals surface area (Å²) in [6.45, 7) is 2.34. The number of aromatic nitrogens is 2. The molecule has 1 aliphatic rings. The molecule has 2 N–H and O–H groups in total. The number of carbonyl (C=O) groups excluding carboxylic acids is 1. The van der Waals surface area contributed by atoms with E-state index >= 15 is 0 Å². The lowest BCUT2D eigenvalue weighted by Crippen LogP contribution is -2.32. The maximum atomic E-state index is 12.1. The number of H-pyrrole nitrogens is 1. The SMILES string of the molecule is O=C(NCC1CCOCC1)c1ccc2[nH]ncc2c1. The number of nitrogens with zero attached hydrogens (tertiary/aromatic N) is 1. The summed E-state index contributed by atoms with van der Waals surface area (Å²) in [5.74, 6) is 0.518. The second kappa shape index (κ2) is 5.40. The molecule has 5 nitrogen and oxygen atoms in total. The molecule has 0 unspecified atom stereocenters. The minimum Gasteiger partial charge on any atom is -0.381 e. The molecular weight excluding hydrogens is 242 g/mol. The molecule has 2 aromatic rings. The van der Waals surface area contributed by atoms with Crippen LogP contribution in [0.25, 0.3) is 10.9 Å². The van der Waals surface area contributed by atoms with Gasteiger partial charge in [-0.25, -0.2) is 0 Å². The van der Waals surface area contributed by atoms with E-state index in [2.05, 4.69) is 15.5 Å². The Kier molecular flexibility index (Phi) is 3.46. The van der Waals surface area contributed by atoms with E-state index in [4.69, 9.17) is 4.74 Å². The van der Waals surface area contributed by atoms with E-state index in [-0.39, 0.29) is 5.91 Å². The summed E-state index contributed by atoms with van der Waals surface area (Å²) in [5, 5.41) is 10.8. The Morgan fingerprint density at radius 1 is 1.42 bits per heavy atom. The van der Waals surface area contributed by atoms with Crippen molar-refractivity contribution in [2.75, 3.05) is 19.8 Å². The first kappa shape index (κ1) is 12.2. The van der Waals surface area contributed by atoms with E-state index in [1.54, 1.807) is 6.20 Å². The number of hydrogen-bond acceptors (Lipinski definition) is 3. The molecule has 5 heteroatoms. The summed E-state index contributed by atoms with van der Waals surface area (Å²) < 4.78 is 5.31. The maximum absolute atomic E-state index is 12.1. The fourth-order valence-corrected chi connectivity index (χ4v) is 2.37. The molecule has 0 aliphatic carbocycles. The van der Waals surface area contributed by atoms with Crippen molar-refractivity contribution in [1.82, 2.24) is 15.5 Å². The number of amides is 1. The second-order valence-electron chi connectivity index (χ2n) is 4.94. The van der Waals surface area contributed by atoms with Gasteiger partial charge in [-0.2, -0.15) is 5.10 Å². The van der Waals surface area contributed by atoms with Gasteiger partial charge in [0.05, 0.1) is 11.7 Å². The summed E-state index contributed by atoms with van der Waals surface area (Å²) in [4.78, 5) is 12.1. The van der Waals surface area contributed by atoms with Crippen LogP contribution in [0.3, 0.4) is 0 Å². The molecule has 1 aromatic carbocycles. The highest BCUT2D eigenvalue weighted by molar-refractivity contribution is 5.97. The summed E-state index contributed by atoms with van der Waals surface area (Å²) in [6, 6.07) is 5.56. The molecule has 3 rings (SSSR count). The molecule has 1 aliphatic heterocycles. The first-order chi connectivity index (χ1) is 9.33. The molecule has 0 saturated carbocycles. The normalized spacial score (nSPS) is 16.6. The molecule has 100 valence electrons. The molecule has 0 atom stereocenters. The van der Waals surface area contributed by atoms with Gasteiger partial charge in [-0.05, 0) is 37.0 Å². The van der Waals surface area contributed by atoms with E-state index < -0.39 is 0 Å². The Bertz CT molecular complexity index is 573. The summed E-state index contributed by atoms with van der Waals surface area (Å²) >= 11 is 0. The molecule has 1 saturated heterocycles. The lowest BCUT2D eigenvalue weighted by molar-refractivity contribution is 0.0643. The van der Waals surface area contributed by atoms with Gasteiger partial charge >= 0.3 is 0 Å². The number of carbonyl (C=O) groups is 1. The van der Waals surface area contributed by atoms with Gasteiger partial charge in [0.1, 0.15) is 0 Å². The Balaban J connectivity index is 1.62. The van der Waals surface area contributed by atoms with Crippen LogP contribution in [0.5, 0.6) is 0 Å². The van der Waals surface area contributed by atoms with Crippen molar-refractivity contribution in [3.05, 3.63) is 30.0 Å². The molecule has 1 fully saturated rings. The molecule has 1 amide bonds. The lowest BCUT2D eigenvalue weighted by Gasteiger charge is -2.22. The number of hydrogen-bond donors (Lipinski definition) is 2. The van der Waals surface area contributed by atoms with E-state index in [9.17, 15) is 4.79 Å². The van der Waals surface area contributed by atoms with E-state index in [1.807, 2.05) is 18.2 Å². The van der Waals surface area contributed by atoms with Gasteiger partial charge in [0.25, 0.3) is 5.91 Å². The minimum absolute atomic E-state index is 0.0189. The van der Waals surface area contributed by atoms with Crippen LogP contribution in [0.2, 0.25) is 0 Å². The summed E-state index contributed by atoms with van der Waals surface area (Å²) in [6.07, 6.45) is 3.78. The van der Waals surface area contributed by atoms with Gasteiger partial charge in [-0.15, -0.1) is 0 Å². The third kappa shape index (κ3) is 2.76. The van der Waals surface area contributed by atoms with Crippen molar-refractivity contribution in [3.63, 3.8) is 0 Å². The van der Waals surface area contributed by atoms with Crippen LogP contribution in [0.15, 0.2) is 24.4 Å². The third-order valence-electron chi connectivity index (χ3n) is 3.59. The largest absolute Gasteiger partial charge is 0.381 e. The number of nitrogens with one attached hydrogen (secondary N) is 2. The highest BCUT2D eigenvalue weighted by atomic mass is 16.5. The van der Waals surface area contributed by atoms with Gasteiger partial charge in [-0.3, -0.25) is 9.89 Å². The van der Waals surface area contributed by atoms with Gasteiger partial charge in [0, 0.05) is 30.7 Å². The molecule has 2 heterocycles. The third-order valence-corrected chi connectivity index (χ3v) is 3.59. The predicted molar refractivity (Wildman–Crippen MR) is 72.0 cm³/mol. The quantitative estimate of drug-likeness (QED) is 0.882. The highest BCUT2D eigenvalue weighted by Gasteiger charge is 2.15. The van der Waals surface area contributed by atoms with E-state index in [0.717, 1.165) is 43.5 Å². The van der Waals surface area contributed by atoms with Crippen molar-refractivity contribution >= 4 is 16.8 Å². The Labute approximate surface area is 111 Å². The van der Waals surface area contributed by atoms with Crippen LogP contribution in [0, 0.1) is 5.92 Å². The molecule has 19 heavy (non-hydrogen) atoms. The fraction of sp³-hybridized carbons (Fsp3) is 0.429. The van der Waals surface area contributed by atoms with Crippen molar-refractivity contribution in [2.24, 2.45) is 5.92 Å². The number of benzene rings is 1. The number of fused-ring (bicyclic) bond motifs is 1. The first-order valence-electron chi connectivity index (χ1n) is 6.62. The van der Waals surface area contributed by atoms with Crippen LogP contribution >= 0.6 is 0 Å². The minimum atomic E-state index is -0.0189. The van der Waals surface area contributed by atoms with E-state index in [1.165, 1.54) is 0 Å².